The van der Waals surface area contributed by atoms with E-state index in [1.54, 1.807) is 6.92 Å². The number of rotatable bonds is 3. The number of carboxylic acid groups (broad SMARTS) is 1. The molecule has 0 aliphatic carbocycles. The van der Waals surface area contributed by atoms with Crippen LogP contribution in [0, 0.1) is 12.7 Å². The number of hydrogen-bond acceptors (Lipinski definition) is 3. The number of aromatic nitrogens is 2. The molecule has 0 bridgehead atoms. The van der Waals surface area contributed by atoms with Gasteiger partial charge in [0, 0.05) is 17.3 Å². The molecule has 0 aliphatic heterocycles. The van der Waals surface area contributed by atoms with Crippen LogP contribution in [0.3, 0.4) is 0 Å². The molecule has 0 spiro atoms. The van der Waals surface area contributed by atoms with Gasteiger partial charge >= 0.3 is 5.97 Å². The number of halogens is 1. The number of aromatic carboxylic acids is 1. The highest BCUT2D eigenvalue weighted by molar-refractivity contribution is 5.87. The molecule has 0 saturated carbocycles. The highest BCUT2D eigenvalue weighted by Gasteiger charge is 2.09. The zero-order valence-corrected chi connectivity index (χ0v) is 10.1. The van der Waals surface area contributed by atoms with E-state index >= 15 is 0 Å². The molecule has 1 aromatic carbocycles. The van der Waals surface area contributed by atoms with E-state index < -0.39 is 11.8 Å². The minimum absolute atomic E-state index is 0.0236. The van der Waals surface area contributed by atoms with E-state index in [-0.39, 0.29) is 23.2 Å². The molecule has 19 heavy (non-hydrogen) atoms. The zero-order chi connectivity index (χ0) is 14.0. The van der Waals surface area contributed by atoms with E-state index in [2.05, 4.69) is 4.98 Å². The Bertz CT molecular complexity index is 695. The maximum absolute atomic E-state index is 13.6. The van der Waals surface area contributed by atoms with E-state index in [9.17, 15) is 14.0 Å². The highest BCUT2D eigenvalue weighted by atomic mass is 19.1. The lowest BCUT2D eigenvalue weighted by molar-refractivity contribution is 0.0696. The standard InChI is InChI=1S/C13H11FN2O3/c1-8-4-12(17)16(7-15-8)6-10-5-9(13(18)19)2-3-11(10)14/h2-5,7H,6H2,1H3,(H,18,19). The maximum Gasteiger partial charge on any atom is 0.335 e. The van der Waals surface area contributed by atoms with Gasteiger partial charge in [-0.15, -0.1) is 0 Å². The van der Waals surface area contributed by atoms with E-state index in [0.29, 0.717) is 5.69 Å². The first-order valence-corrected chi connectivity index (χ1v) is 5.52. The van der Waals surface area contributed by atoms with Crippen molar-refractivity contribution in [2.45, 2.75) is 13.5 Å². The average Bonchev–Trinajstić information content (AvgIpc) is 2.34. The molecule has 2 rings (SSSR count). The van der Waals surface area contributed by atoms with Crippen molar-refractivity contribution in [2.75, 3.05) is 0 Å². The summed E-state index contributed by atoms with van der Waals surface area (Å²) in [6.07, 6.45) is 1.31. The van der Waals surface area contributed by atoms with Crippen LogP contribution < -0.4 is 5.56 Å². The lowest BCUT2D eigenvalue weighted by Gasteiger charge is -2.07. The van der Waals surface area contributed by atoms with Gasteiger partial charge in [0.2, 0.25) is 0 Å². The number of aryl methyl sites for hydroxylation is 1. The number of benzene rings is 1. The molecular weight excluding hydrogens is 251 g/mol. The molecule has 0 radical (unpaired) electrons. The van der Waals surface area contributed by atoms with Gasteiger partial charge in [0.05, 0.1) is 18.4 Å². The second kappa shape index (κ2) is 5.01. The van der Waals surface area contributed by atoms with E-state index in [0.717, 1.165) is 6.07 Å². The summed E-state index contributed by atoms with van der Waals surface area (Å²) in [7, 11) is 0. The van der Waals surface area contributed by atoms with Crippen LogP contribution in [-0.4, -0.2) is 20.6 Å². The van der Waals surface area contributed by atoms with Crippen molar-refractivity contribution in [2.24, 2.45) is 0 Å². The fourth-order valence-corrected chi connectivity index (χ4v) is 1.65. The second-order valence-electron chi connectivity index (χ2n) is 4.11. The first kappa shape index (κ1) is 12.9. The third-order valence-electron chi connectivity index (χ3n) is 2.65. The quantitative estimate of drug-likeness (QED) is 0.908. The SMILES string of the molecule is Cc1cc(=O)n(Cc2cc(C(=O)O)ccc2F)cn1. The minimum Gasteiger partial charge on any atom is -0.478 e. The Hall–Kier alpha value is -2.50. The van der Waals surface area contributed by atoms with Gasteiger partial charge in [-0.3, -0.25) is 9.36 Å². The second-order valence-corrected chi connectivity index (χ2v) is 4.11. The first-order chi connectivity index (χ1) is 8.97. The molecule has 6 heteroatoms. The smallest absolute Gasteiger partial charge is 0.335 e. The van der Waals surface area contributed by atoms with E-state index in [4.69, 9.17) is 5.11 Å². The van der Waals surface area contributed by atoms with Gasteiger partial charge in [0.15, 0.2) is 0 Å². The number of carbonyl (C=O) groups is 1. The summed E-state index contributed by atoms with van der Waals surface area (Å²) in [4.78, 5) is 26.4. The maximum atomic E-state index is 13.6. The molecule has 98 valence electrons. The lowest BCUT2D eigenvalue weighted by Crippen LogP contribution is -2.21. The van der Waals surface area contributed by atoms with Crippen LogP contribution in [0.5, 0.6) is 0 Å². The summed E-state index contributed by atoms with van der Waals surface area (Å²) in [5, 5.41) is 8.85. The monoisotopic (exact) mass is 262 g/mol. The number of nitrogens with zero attached hydrogens (tertiary/aromatic N) is 2. The Morgan fingerprint density at radius 1 is 1.42 bits per heavy atom. The Balaban J connectivity index is 2.40. The van der Waals surface area contributed by atoms with Crippen LogP contribution in [0.15, 0.2) is 35.4 Å². The molecule has 0 atom stereocenters. The van der Waals surface area contributed by atoms with Crippen molar-refractivity contribution in [1.29, 1.82) is 0 Å². The lowest BCUT2D eigenvalue weighted by atomic mass is 10.1. The van der Waals surface area contributed by atoms with Gasteiger partial charge in [-0.1, -0.05) is 0 Å². The molecule has 0 amide bonds. The largest absolute Gasteiger partial charge is 0.478 e. The molecule has 1 heterocycles. The molecule has 0 saturated heterocycles. The predicted octanol–water partition coefficient (Wildman–Crippen LogP) is 1.44. The summed E-state index contributed by atoms with van der Waals surface area (Å²) in [6, 6.07) is 4.80. The van der Waals surface area contributed by atoms with E-state index in [1.165, 1.54) is 29.1 Å². The zero-order valence-electron chi connectivity index (χ0n) is 10.1. The van der Waals surface area contributed by atoms with Gasteiger partial charge in [0.25, 0.3) is 5.56 Å². The van der Waals surface area contributed by atoms with Crippen LogP contribution in [0.25, 0.3) is 0 Å². The van der Waals surface area contributed by atoms with Gasteiger partial charge in [-0.25, -0.2) is 14.2 Å². The molecule has 0 aliphatic rings. The predicted molar refractivity (Wildman–Crippen MR) is 65.7 cm³/mol. The number of carboxylic acids is 1. The normalized spacial score (nSPS) is 10.4. The summed E-state index contributed by atoms with van der Waals surface area (Å²) < 4.78 is 14.8. The average molecular weight is 262 g/mol. The molecular formula is C13H11FN2O3. The van der Waals surface area contributed by atoms with Crippen molar-refractivity contribution < 1.29 is 14.3 Å². The van der Waals surface area contributed by atoms with Crippen molar-refractivity contribution in [3.8, 4) is 0 Å². The molecule has 1 N–H and O–H groups in total. The van der Waals surface area contributed by atoms with Crippen LogP contribution in [-0.2, 0) is 6.54 Å². The van der Waals surface area contributed by atoms with Crippen LogP contribution in [0.4, 0.5) is 4.39 Å². The van der Waals surface area contributed by atoms with E-state index in [1.807, 2.05) is 0 Å². The molecule has 2 aromatic rings. The minimum atomic E-state index is -1.14. The third-order valence-corrected chi connectivity index (χ3v) is 2.65. The summed E-state index contributed by atoms with van der Waals surface area (Å²) in [5.74, 6) is -1.70. The number of hydrogen-bond donors (Lipinski definition) is 1. The first-order valence-electron chi connectivity index (χ1n) is 5.52. The summed E-state index contributed by atoms with van der Waals surface area (Å²) in [5.41, 5.74) is 0.366. The highest BCUT2D eigenvalue weighted by Crippen LogP contribution is 2.11. The fraction of sp³-hybridized carbons (Fsp3) is 0.154. The molecule has 0 fully saturated rings. The van der Waals surface area contributed by atoms with Crippen molar-refractivity contribution in [3.05, 3.63) is 63.6 Å². The topological polar surface area (TPSA) is 72.2 Å². The Kier molecular flexibility index (Phi) is 3.41. The summed E-state index contributed by atoms with van der Waals surface area (Å²) in [6.45, 7) is 1.62. The molecule has 0 unspecified atom stereocenters. The van der Waals surface area contributed by atoms with Crippen molar-refractivity contribution in [1.82, 2.24) is 9.55 Å². The van der Waals surface area contributed by atoms with Crippen molar-refractivity contribution >= 4 is 5.97 Å². The third kappa shape index (κ3) is 2.85. The van der Waals surface area contributed by atoms with Crippen LogP contribution >= 0.6 is 0 Å². The summed E-state index contributed by atoms with van der Waals surface area (Å²) >= 11 is 0. The van der Waals surface area contributed by atoms with Crippen LogP contribution in [0.1, 0.15) is 21.6 Å². The van der Waals surface area contributed by atoms with Gasteiger partial charge in [-0.2, -0.15) is 0 Å². The molecule has 5 nitrogen and oxygen atoms in total. The van der Waals surface area contributed by atoms with Crippen LogP contribution in [0.2, 0.25) is 0 Å². The Morgan fingerprint density at radius 2 is 2.16 bits per heavy atom. The van der Waals surface area contributed by atoms with Gasteiger partial charge in [-0.05, 0) is 25.1 Å². The van der Waals surface area contributed by atoms with Crippen molar-refractivity contribution in [3.63, 3.8) is 0 Å². The fourth-order valence-electron chi connectivity index (χ4n) is 1.65. The molecule has 1 aromatic heterocycles. The van der Waals surface area contributed by atoms with Gasteiger partial charge in [0.1, 0.15) is 5.82 Å². The Labute approximate surface area is 108 Å². The Morgan fingerprint density at radius 3 is 2.79 bits per heavy atom. The van der Waals surface area contributed by atoms with Gasteiger partial charge < -0.3 is 5.11 Å².